The minimum absolute atomic E-state index is 0.0889. The Morgan fingerprint density at radius 2 is 1.52 bits per heavy atom. The second-order valence-electron chi connectivity index (χ2n) is 6.93. The predicted octanol–water partition coefficient (Wildman–Crippen LogP) is 3.45. The lowest BCUT2D eigenvalue weighted by molar-refractivity contribution is 0.186. The number of benzene rings is 2. The zero-order valence-electron chi connectivity index (χ0n) is 14.2. The molecule has 2 aromatic rings. The van der Waals surface area contributed by atoms with Crippen LogP contribution in [0.5, 0.6) is 5.75 Å². The molecule has 2 rings (SSSR count). The van der Waals surface area contributed by atoms with Crippen LogP contribution in [-0.4, -0.2) is 28.9 Å². The number of aliphatic hydroxyl groups excluding tert-OH is 1. The Bertz CT molecular complexity index is 625. The molecule has 0 fully saturated rings. The Morgan fingerprint density at radius 3 is 2.13 bits per heavy atom. The Labute approximate surface area is 139 Å². The van der Waals surface area contributed by atoms with Crippen molar-refractivity contribution in [3.05, 3.63) is 65.7 Å². The summed E-state index contributed by atoms with van der Waals surface area (Å²) in [7, 11) is 0. The van der Waals surface area contributed by atoms with Gasteiger partial charge in [-0.25, -0.2) is 0 Å². The van der Waals surface area contributed by atoms with E-state index in [-0.39, 0.29) is 17.6 Å². The van der Waals surface area contributed by atoms with E-state index in [0.29, 0.717) is 5.75 Å². The number of aromatic hydroxyl groups is 1. The van der Waals surface area contributed by atoms with Crippen molar-refractivity contribution in [1.82, 2.24) is 5.32 Å². The van der Waals surface area contributed by atoms with Crippen LogP contribution in [0.1, 0.15) is 38.3 Å². The third-order valence-electron chi connectivity index (χ3n) is 4.53. The largest absolute Gasteiger partial charge is 0.508 e. The smallest absolute Gasteiger partial charge is 0.119 e. The van der Waals surface area contributed by atoms with Gasteiger partial charge in [-0.2, -0.15) is 0 Å². The summed E-state index contributed by atoms with van der Waals surface area (Å²) in [6.45, 7) is 6.95. The molecule has 0 aliphatic carbocycles. The summed E-state index contributed by atoms with van der Waals surface area (Å²) in [5, 5.41) is 23.1. The fourth-order valence-corrected chi connectivity index (χ4v) is 2.89. The van der Waals surface area contributed by atoms with Gasteiger partial charge in [0.2, 0.25) is 0 Å². The van der Waals surface area contributed by atoms with E-state index < -0.39 is 0 Å². The molecule has 2 aromatic carbocycles. The molecular weight excluding hydrogens is 286 g/mol. The lowest BCUT2D eigenvalue weighted by Gasteiger charge is -2.33. The molecule has 23 heavy (non-hydrogen) atoms. The summed E-state index contributed by atoms with van der Waals surface area (Å²) >= 11 is 0. The van der Waals surface area contributed by atoms with E-state index >= 15 is 0 Å². The maximum Gasteiger partial charge on any atom is 0.119 e. The molecule has 1 atom stereocenters. The average molecular weight is 313 g/mol. The molecule has 0 heterocycles. The first-order valence-corrected chi connectivity index (χ1v) is 8.09. The van der Waals surface area contributed by atoms with E-state index in [1.165, 1.54) is 5.56 Å². The molecule has 0 amide bonds. The third kappa shape index (κ3) is 4.12. The monoisotopic (exact) mass is 313 g/mol. The van der Waals surface area contributed by atoms with E-state index in [2.05, 4.69) is 24.4 Å². The van der Waals surface area contributed by atoms with Gasteiger partial charge in [0, 0.05) is 16.5 Å². The zero-order chi connectivity index (χ0) is 16.9. The minimum atomic E-state index is -0.309. The minimum Gasteiger partial charge on any atom is -0.508 e. The van der Waals surface area contributed by atoms with Gasteiger partial charge in [0.25, 0.3) is 0 Å². The molecular formula is C20H27NO2. The summed E-state index contributed by atoms with van der Waals surface area (Å²) in [6, 6.07) is 17.8. The van der Waals surface area contributed by atoms with E-state index in [1.807, 2.05) is 50.2 Å². The van der Waals surface area contributed by atoms with Gasteiger partial charge in [0.05, 0.1) is 6.61 Å². The number of rotatable bonds is 7. The molecule has 0 bridgehead atoms. The average Bonchev–Trinajstić information content (AvgIpc) is 2.56. The molecule has 0 radical (unpaired) electrons. The van der Waals surface area contributed by atoms with Gasteiger partial charge in [0.15, 0.2) is 0 Å². The number of phenolic OH excluding ortho intramolecular Hbond substituents is 1. The summed E-state index contributed by atoms with van der Waals surface area (Å²) in [5.41, 5.74) is 1.49. The predicted molar refractivity (Wildman–Crippen MR) is 94.8 cm³/mol. The standard InChI is InChI=1S/C20H27NO2/c1-19(2,15-22)21-14-13-20(3,16-9-5-4-6-10-16)17-11-7-8-12-18(17)23/h4-12,21-23H,13-15H2,1-3H3. The second kappa shape index (κ2) is 7.16. The van der Waals surface area contributed by atoms with Crippen LogP contribution in [0.4, 0.5) is 0 Å². The number of phenols is 1. The lowest BCUT2D eigenvalue weighted by Crippen LogP contribution is -2.44. The topological polar surface area (TPSA) is 52.5 Å². The molecule has 124 valence electrons. The summed E-state index contributed by atoms with van der Waals surface area (Å²) < 4.78 is 0. The van der Waals surface area contributed by atoms with Crippen molar-refractivity contribution < 1.29 is 10.2 Å². The van der Waals surface area contributed by atoms with Crippen molar-refractivity contribution >= 4 is 0 Å². The number of para-hydroxylation sites is 1. The van der Waals surface area contributed by atoms with E-state index in [1.54, 1.807) is 6.07 Å². The van der Waals surface area contributed by atoms with Crippen LogP contribution >= 0.6 is 0 Å². The van der Waals surface area contributed by atoms with Crippen molar-refractivity contribution in [3.8, 4) is 5.75 Å². The maximum absolute atomic E-state index is 10.4. The van der Waals surface area contributed by atoms with Crippen LogP contribution in [-0.2, 0) is 5.41 Å². The Hall–Kier alpha value is -1.84. The molecule has 3 N–H and O–H groups in total. The molecule has 0 aromatic heterocycles. The first-order valence-electron chi connectivity index (χ1n) is 8.09. The van der Waals surface area contributed by atoms with Crippen molar-refractivity contribution in [2.45, 2.75) is 38.1 Å². The van der Waals surface area contributed by atoms with Crippen molar-refractivity contribution in [3.63, 3.8) is 0 Å². The Balaban J connectivity index is 2.32. The number of hydrogen-bond donors (Lipinski definition) is 3. The van der Waals surface area contributed by atoms with Gasteiger partial charge >= 0.3 is 0 Å². The lowest BCUT2D eigenvalue weighted by atomic mass is 9.73. The SMILES string of the molecule is CC(C)(CO)NCCC(C)(c1ccccc1)c1ccccc1O. The van der Waals surface area contributed by atoms with Gasteiger partial charge in [0.1, 0.15) is 5.75 Å². The van der Waals surface area contributed by atoms with Gasteiger partial charge < -0.3 is 15.5 Å². The first kappa shape index (κ1) is 17.5. The van der Waals surface area contributed by atoms with Crippen LogP contribution in [0.15, 0.2) is 54.6 Å². The van der Waals surface area contributed by atoms with Crippen LogP contribution in [0.25, 0.3) is 0 Å². The fraction of sp³-hybridized carbons (Fsp3) is 0.400. The highest BCUT2D eigenvalue weighted by Gasteiger charge is 2.31. The number of hydrogen-bond acceptors (Lipinski definition) is 3. The zero-order valence-corrected chi connectivity index (χ0v) is 14.2. The highest BCUT2D eigenvalue weighted by atomic mass is 16.3. The van der Waals surface area contributed by atoms with Gasteiger partial charge in [-0.1, -0.05) is 55.5 Å². The molecule has 1 unspecified atom stereocenters. The normalized spacial score (nSPS) is 14.4. The summed E-state index contributed by atoms with van der Waals surface area (Å²) in [6.07, 6.45) is 0.817. The van der Waals surface area contributed by atoms with E-state index in [4.69, 9.17) is 0 Å². The van der Waals surface area contributed by atoms with Crippen LogP contribution in [0.3, 0.4) is 0 Å². The number of nitrogens with one attached hydrogen (secondary N) is 1. The van der Waals surface area contributed by atoms with E-state index in [9.17, 15) is 10.2 Å². The van der Waals surface area contributed by atoms with Crippen molar-refractivity contribution in [1.29, 1.82) is 0 Å². The second-order valence-corrected chi connectivity index (χ2v) is 6.93. The van der Waals surface area contributed by atoms with Crippen LogP contribution < -0.4 is 5.32 Å². The summed E-state index contributed by atoms with van der Waals surface area (Å²) in [5.74, 6) is 0.320. The molecule has 0 saturated heterocycles. The highest BCUT2D eigenvalue weighted by Crippen LogP contribution is 2.39. The third-order valence-corrected chi connectivity index (χ3v) is 4.53. The molecule has 3 nitrogen and oxygen atoms in total. The van der Waals surface area contributed by atoms with Crippen molar-refractivity contribution in [2.75, 3.05) is 13.2 Å². The highest BCUT2D eigenvalue weighted by molar-refractivity contribution is 5.45. The quantitative estimate of drug-likeness (QED) is 0.734. The van der Waals surface area contributed by atoms with Crippen molar-refractivity contribution in [2.24, 2.45) is 0 Å². The van der Waals surface area contributed by atoms with Crippen LogP contribution in [0.2, 0.25) is 0 Å². The fourth-order valence-electron chi connectivity index (χ4n) is 2.89. The van der Waals surface area contributed by atoms with Gasteiger partial charge in [-0.3, -0.25) is 0 Å². The van der Waals surface area contributed by atoms with E-state index in [0.717, 1.165) is 18.5 Å². The van der Waals surface area contributed by atoms with Crippen LogP contribution in [0, 0.1) is 0 Å². The molecule has 0 aliphatic rings. The number of aliphatic hydroxyl groups is 1. The molecule has 0 aliphatic heterocycles. The van der Waals surface area contributed by atoms with Gasteiger partial charge in [-0.05, 0) is 38.4 Å². The maximum atomic E-state index is 10.4. The summed E-state index contributed by atoms with van der Waals surface area (Å²) in [4.78, 5) is 0. The molecule has 3 heteroatoms. The Morgan fingerprint density at radius 1 is 0.913 bits per heavy atom. The Kier molecular flexibility index (Phi) is 5.45. The van der Waals surface area contributed by atoms with Gasteiger partial charge in [-0.15, -0.1) is 0 Å². The first-order chi connectivity index (χ1) is 10.9. The molecule has 0 spiro atoms. The molecule has 0 saturated carbocycles.